The number of aryl methyl sites for hydroxylation is 1. The highest BCUT2D eigenvalue weighted by atomic mass is 32.1. The second-order valence-electron chi connectivity index (χ2n) is 6.61. The van der Waals surface area contributed by atoms with E-state index in [1.807, 2.05) is 7.05 Å². The molecule has 5 heteroatoms. The normalized spacial score (nSPS) is 22.9. The van der Waals surface area contributed by atoms with E-state index in [0.717, 1.165) is 35.8 Å². The predicted octanol–water partition coefficient (Wildman–Crippen LogP) is 3.37. The summed E-state index contributed by atoms with van der Waals surface area (Å²) in [4.78, 5) is 8.84. The fourth-order valence-electron chi connectivity index (χ4n) is 3.15. The number of guanidine groups is 1. The molecule has 1 aliphatic rings. The van der Waals surface area contributed by atoms with Crippen molar-refractivity contribution >= 4 is 17.3 Å². The maximum absolute atomic E-state index is 4.49. The molecule has 0 amide bonds. The first-order chi connectivity index (χ1) is 10.6. The second-order valence-corrected chi connectivity index (χ2v) is 7.67. The topological polar surface area (TPSA) is 49.3 Å². The van der Waals surface area contributed by atoms with Gasteiger partial charge < -0.3 is 10.6 Å². The first kappa shape index (κ1) is 17.3. The molecule has 1 aromatic heterocycles. The summed E-state index contributed by atoms with van der Waals surface area (Å²) in [5.74, 6) is 2.65. The van der Waals surface area contributed by atoms with Crippen molar-refractivity contribution in [3.8, 4) is 0 Å². The van der Waals surface area contributed by atoms with Crippen LogP contribution in [-0.4, -0.2) is 30.6 Å². The van der Waals surface area contributed by atoms with E-state index >= 15 is 0 Å². The van der Waals surface area contributed by atoms with Crippen molar-refractivity contribution in [1.82, 2.24) is 15.6 Å². The van der Waals surface area contributed by atoms with Gasteiger partial charge in [-0.1, -0.05) is 13.8 Å². The lowest BCUT2D eigenvalue weighted by Crippen LogP contribution is -2.45. The summed E-state index contributed by atoms with van der Waals surface area (Å²) < 4.78 is 0. The highest BCUT2D eigenvalue weighted by Crippen LogP contribution is 2.29. The Labute approximate surface area is 138 Å². The number of aliphatic imine (C=N–C) groups is 1. The molecule has 0 aromatic carbocycles. The predicted molar refractivity (Wildman–Crippen MR) is 95.6 cm³/mol. The van der Waals surface area contributed by atoms with E-state index in [2.05, 4.69) is 46.8 Å². The molecule has 1 saturated carbocycles. The van der Waals surface area contributed by atoms with Crippen molar-refractivity contribution in [2.75, 3.05) is 13.6 Å². The number of nitrogens with zero attached hydrogens (tertiary/aromatic N) is 2. The smallest absolute Gasteiger partial charge is 0.191 e. The molecule has 1 aromatic rings. The van der Waals surface area contributed by atoms with Gasteiger partial charge in [0.05, 0.1) is 10.7 Å². The van der Waals surface area contributed by atoms with Crippen LogP contribution in [0.2, 0.25) is 0 Å². The third kappa shape index (κ3) is 5.27. The van der Waals surface area contributed by atoms with Gasteiger partial charge >= 0.3 is 0 Å². The molecule has 0 aliphatic heterocycles. The Morgan fingerprint density at radius 2 is 2.09 bits per heavy atom. The average Bonchev–Trinajstić information content (AvgIpc) is 2.92. The van der Waals surface area contributed by atoms with Crippen LogP contribution >= 0.6 is 11.3 Å². The first-order valence-electron chi connectivity index (χ1n) is 8.46. The minimum absolute atomic E-state index is 0.572. The summed E-state index contributed by atoms with van der Waals surface area (Å²) in [6.45, 7) is 7.62. The number of rotatable bonds is 5. The van der Waals surface area contributed by atoms with Crippen LogP contribution in [0.1, 0.15) is 50.2 Å². The van der Waals surface area contributed by atoms with E-state index < -0.39 is 0 Å². The molecular formula is C17H30N4S. The highest BCUT2D eigenvalue weighted by Gasteiger charge is 2.23. The van der Waals surface area contributed by atoms with Crippen molar-refractivity contribution < 1.29 is 0 Å². The third-order valence-corrected chi connectivity index (χ3v) is 5.44. The Morgan fingerprint density at radius 3 is 2.64 bits per heavy atom. The molecule has 1 fully saturated rings. The summed E-state index contributed by atoms with van der Waals surface area (Å²) >= 11 is 1.72. The minimum Gasteiger partial charge on any atom is -0.356 e. The van der Waals surface area contributed by atoms with E-state index in [1.54, 1.807) is 11.3 Å². The van der Waals surface area contributed by atoms with Gasteiger partial charge in [-0.05, 0) is 44.4 Å². The van der Waals surface area contributed by atoms with Crippen LogP contribution in [0.5, 0.6) is 0 Å². The first-order valence-corrected chi connectivity index (χ1v) is 9.34. The Kier molecular flexibility index (Phi) is 6.68. The number of aromatic nitrogens is 1. The summed E-state index contributed by atoms with van der Waals surface area (Å²) in [6, 6.07) is 0.572. The van der Waals surface area contributed by atoms with E-state index in [1.165, 1.54) is 31.4 Å². The van der Waals surface area contributed by atoms with Gasteiger partial charge in [-0.15, -0.1) is 11.3 Å². The van der Waals surface area contributed by atoms with Crippen LogP contribution in [0, 0.1) is 18.8 Å². The van der Waals surface area contributed by atoms with Crippen LogP contribution < -0.4 is 10.6 Å². The Morgan fingerprint density at radius 1 is 1.36 bits per heavy atom. The zero-order valence-electron chi connectivity index (χ0n) is 14.4. The Balaban J connectivity index is 1.69. The molecule has 0 bridgehead atoms. The Hall–Kier alpha value is -1.10. The molecule has 124 valence electrons. The van der Waals surface area contributed by atoms with Crippen molar-refractivity contribution in [3.63, 3.8) is 0 Å². The third-order valence-electron chi connectivity index (χ3n) is 4.62. The molecule has 2 rings (SSSR count). The van der Waals surface area contributed by atoms with Gasteiger partial charge in [-0.2, -0.15) is 0 Å². The van der Waals surface area contributed by atoms with Crippen LogP contribution in [0.25, 0.3) is 0 Å². The standard InChI is InChI=1S/C17H30N4S/c1-12(2)14-5-7-15(8-6-14)21-17(18-4)19-10-9-16-11-22-13(3)20-16/h11-12,14-15H,5-10H2,1-4H3,(H2,18,19,21). The average molecular weight is 323 g/mol. The molecule has 2 N–H and O–H groups in total. The highest BCUT2D eigenvalue weighted by molar-refractivity contribution is 7.09. The SMILES string of the molecule is CN=C(NCCc1csc(C)n1)NC1CCC(C(C)C)CC1. The van der Waals surface area contributed by atoms with Crippen LogP contribution in [0.4, 0.5) is 0 Å². The fourth-order valence-corrected chi connectivity index (χ4v) is 3.80. The lowest BCUT2D eigenvalue weighted by Gasteiger charge is -2.32. The van der Waals surface area contributed by atoms with Crippen LogP contribution in [0.3, 0.4) is 0 Å². The van der Waals surface area contributed by atoms with Crippen molar-refractivity contribution in [2.45, 2.75) is 58.9 Å². The molecular weight excluding hydrogens is 292 g/mol. The molecule has 0 atom stereocenters. The molecule has 22 heavy (non-hydrogen) atoms. The number of nitrogens with one attached hydrogen (secondary N) is 2. The molecule has 1 aliphatic carbocycles. The van der Waals surface area contributed by atoms with E-state index in [0.29, 0.717) is 6.04 Å². The van der Waals surface area contributed by atoms with E-state index in [4.69, 9.17) is 0 Å². The summed E-state index contributed by atoms with van der Waals surface area (Å²) in [7, 11) is 1.85. The Bertz CT molecular complexity index is 473. The maximum Gasteiger partial charge on any atom is 0.191 e. The van der Waals surface area contributed by atoms with Crippen molar-refractivity contribution in [3.05, 3.63) is 16.1 Å². The summed E-state index contributed by atoms with van der Waals surface area (Å²) in [5, 5.41) is 10.3. The van der Waals surface area contributed by atoms with Crippen LogP contribution in [0.15, 0.2) is 10.4 Å². The van der Waals surface area contributed by atoms with Gasteiger partial charge in [0.25, 0.3) is 0 Å². The summed E-state index contributed by atoms with van der Waals surface area (Å²) in [5.41, 5.74) is 1.17. The van der Waals surface area contributed by atoms with E-state index in [9.17, 15) is 0 Å². The van der Waals surface area contributed by atoms with Crippen molar-refractivity contribution in [1.29, 1.82) is 0 Å². The molecule has 0 spiro atoms. The van der Waals surface area contributed by atoms with E-state index in [-0.39, 0.29) is 0 Å². The second kappa shape index (κ2) is 8.51. The lowest BCUT2D eigenvalue weighted by atomic mass is 9.80. The van der Waals surface area contributed by atoms with Gasteiger partial charge in [-0.3, -0.25) is 4.99 Å². The quantitative estimate of drug-likeness (QED) is 0.645. The zero-order chi connectivity index (χ0) is 15.9. The van der Waals surface area contributed by atoms with Gasteiger partial charge in [0.1, 0.15) is 0 Å². The largest absolute Gasteiger partial charge is 0.356 e. The fraction of sp³-hybridized carbons (Fsp3) is 0.765. The molecule has 4 nitrogen and oxygen atoms in total. The van der Waals surface area contributed by atoms with Crippen molar-refractivity contribution in [2.24, 2.45) is 16.8 Å². The zero-order valence-corrected chi connectivity index (χ0v) is 15.2. The van der Waals surface area contributed by atoms with Gasteiger partial charge in [0.15, 0.2) is 5.96 Å². The monoisotopic (exact) mass is 322 g/mol. The number of hydrogen-bond donors (Lipinski definition) is 2. The van der Waals surface area contributed by atoms with Gasteiger partial charge in [0.2, 0.25) is 0 Å². The van der Waals surface area contributed by atoms with Gasteiger partial charge in [-0.25, -0.2) is 4.98 Å². The summed E-state index contributed by atoms with van der Waals surface area (Å²) in [6.07, 6.45) is 6.14. The molecule has 0 radical (unpaired) electrons. The number of hydrogen-bond acceptors (Lipinski definition) is 3. The molecule has 0 saturated heterocycles. The number of thiazole rings is 1. The minimum atomic E-state index is 0.572. The lowest BCUT2D eigenvalue weighted by molar-refractivity contribution is 0.250. The maximum atomic E-state index is 4.49. The molecule has 1 heterocycles. The molecule has 0 unspecified atom stereocenters. The van der Waals surface area contributed by atoms with Crippen LogP contribution in [-0.2, 0) is 6.42 Å². The van der Waals surface area contributed by atoms with Gasteiger partial charge in [0, 0.05) is 31.4 Å².